The Balaban J connectivity index is 1.61. The zero-order chi connectivity index (χ0) is 20.8. The second-order valence-corrected chi connectivity index (χ2v) is 10.4. The fraction of sp³-hybridized carbons (Fsp3) is 0. The Morgan fingerprint density at radius 2 is 0.800 bits per heavy atom. The third kappa shape index (κ3) is 3.24. The standard InChI is InChI=1S/C22H10F4S4/c23-19-17(15-7-5-13(29-15)11-3-1-9-27-11)20(24)22(26)18(21(19)25)16-8-6-14(30-16)12-4-2-10-28-12/h1-10H. The van der Waals surface area contributed by atoms with Crippen molar-refractivity contribution in [2.75, 3.05) is 0 Å². The predicted octanol–water partition coefficient (Wildman–Crippen LogP) is 9.16. The lowest BCUT2D eigenvalue weighted by Crippen LogP contribution is -2.02. The quantitative estimate of drug-likeness (QED) is 0.178. The van der Waals surface area contributed by atoms with E-state index in [0.717, 1.165) is 42.2 Å². The summed E-state index contributed by atoms with van der Waals surface area (Å²) in [6, 6.07) is 13.8. The first-order chi connectivity index (χ1) is 14.5. The van der Waals surface area contributed by atoms with Gasteiger partial charge in [-0.2, -0.15) is 0 Å². The van der Waals surface area contributed by atoms with Crippen LogP contribution in [0, 0.1) is 23.3 Å². The molecule has 4 aromatic heterocycles. The highest BCUT2D eigenvalue weighted by Gasteiger charge is 2.29. The molecule has 0 aliphatic heterocycles. The monoisotopic (exact) mass is 478 g/mol. The first-order valence-corrected chi connectivity index (χ1v) is 12.1. The summed E-state index contributed by atoms with van der Waals surface area (Å²) in [4.78, 5) is 3.69. The molecular weight excluding hydrogens is 469 g/mol. The van der Waals surface area contributed by atoms with E-state index in [2.05, 4.69) is 0 Å². The average Bonchev–Trinajstić information content (AvgIpc) is 3.54. The summed E-state index contributed by atoms with van der Waals surface area (Å²) in [6.07, 6.45) is 0. The van der Waals surface area contributed by atoms with Gasteiger partial charge in [0.2, 0.25) is 0 Å². The molecule has 0 nitrogen and oxygen atoms in total. The lowest BCUT2D eigenvalue weighted by Gasteiger charge is -2.10. The van der Waals surface area contributed by atoms with Crippen molar-refractivity contribution in [1.29, 1.82) is 0 Å². The van der Waals surface area contributed by atoms with Gasteiger partial charge in [-0.1, -0.05) is 12.1 Å². The van der Waals surface area contributed by atoms with E-state index in [0.29, 0.717) is 0 Å². The van der Waals surface area contributed by atoms with Crippen molar-refractivity contribution in [3.8, 4) is 40.4 Å². The molecule has 0 aliphatic carbocycles. The number of hydrogen-bond donors (Lipinski definition) is 0. The predicted molar refractivity (Wildman–Crippen MR) is 120 cm³/mol. The average molecular weight is 479 g/mol. The highest BCUT2D eigenvalue weighted by atomic mass is 32.1. The summed E-state index contributed by atoms with van der Waals surface area (Å²) in [5, 5.41) is 3.77. The lowest BCUT2D eigenvalue weighted by atomic mass is 10.1. The van der Waals surface area contributed by atoms with Crippen LogP contribution in [0.15, 0.2) is 59.3 Å². The van der Waals surface area contributed by atoms with Gasteiger partial charge in [0.25, 0.3) is 0 Å². The summed E-state index contributed by atoms with van der Waals surface area (Å²) >= 11 is 5.14. The Morgan fingerprint density at radius 3 is 1.13 bits per heavy atom. The van der Waals surface area contributed by atoms with Crippen LogP contribution in [0.25, 0.3) is 40.4 Å². The van der Waals surface area contributed by atoms with Gasteiger partial charge in [-0.05, 0) is 47.2 Å². The molecule has 0 saturated carbocycles. The van der Waals surface area contributed by atoms with Crippen LogP contribution in [0.5, 0.6) is 0 Å². The molecule has 0 spiro atoms. The highest BCUT2D eigenvalue weighted by molar-refractivity contribution is 7.23. The molecule has 0 fully saturated rings. The first-order valence-electron chi connectivity index (χ1n) is 8.68. The molecule has 8 heteroatoms. The molecule has 150 valence electrons. The summed E-state index contributed by atoms with van der Waals surface area (Å²) in [5.41, 5.74) is -1.34. The largest absolute Gasteiger partial charge is 0.203 e. The maximum absolute atomic E-state index is 14.9. The van der Waals surface area contributed by atoms with E-state index in [4.69, 9.17) is 0 Å². The van der Waals surface area contributed by atoms with E-state index in [1.165, 1.54) is 34.8 Å². The van der Waals surface area contributed by atoms with E-state index >= 15 is 0 Å². The fourth-order valence-electron chi connectivity index (χ4n) is 3.11. The molecule has 4 heterocycles. The third-order valence-corrected chi connectivity index (χ3v) is 8.83. The van der Waals surface area contributed by atoms with Crippen LogP contribution in [0.2, 0.25) is 0 Å². The molecule has 0 saturated heterocycles. The molecule has 30 heavy (non-hydrogen) atoms. The lowest BCUT2D eigenvalue weighted by molar-refractivity contribution is 0.463. The van der Waals surface area contributed by atoms with Crippen LogP contribution < -0.4 is 0 Å². The maximum atomic E-state index is 14.9. The smallest absolute Gasteiger partial charge is 0.171 e. The first kappa shape index (κ1) is 19.7. The minimum Gasteiger partial charge on any atom is -0.203 e. The van der Waals surface area contributed by atoms with Gasteiger partial charge in [-0.3, -0.25) is 0 Å². The number of hydrogen-bond acceptors (Lipinski definition) is 4. The molecule has 5 aromatic rings. The van der Waals surface area contributed by atoms with Gasteiger partial charge in [-0.15, -0.1) is 45.3 Å². The van der Waals surface area contributed by atoms with Gasteiger partial charge < -0.3 is 0 Å². The Labute approximate surface area is 185 Å². The Kier molecular flexibility index (Phi) is 5.10. The zero-order valence-electron chi connectivity index (χ0n) is 14.9. The van der Waals surface area contributed by atoms with Gasteiger partial charge in [-0.25, -0.2) is 17.6 Å². The minimum absolute atomic E-state index is 0.142. The van der Waals surface area contributed by atoms with Crippen LogP contribution in [0.3, 0.4) is 0 Å². The Hall–Kier alpha value is -2.26. The van der Waals surface area contributed by atoms with E-state index in [1.54, 1.807) is 12.1 Å². The van der Waals surface area contributed by atoms with Crippen molar-refractivity contribution in [2.24, 2.45) is 0 Å². The summed E-state index contributed by atoms with van der Waals surface area (Å²) < 4.78 is 59.8. The normalized spacial score (nSPS) is 11.3. The molecule has 0 bridgehead atoms. The van der Waals surface area contributed by atoms with E-state index in [-0.39, 0.29) is 9.75 Å². The van der Waals surface area contributed by atoms with Crippen molar-refractivity contribution in [1.82, 2.24) is 0 Å². The maximum Gasteiger partial charge on any atom is 0.171 e. The van der Waals surface area contributed by atoms with Crippen LogP contribution >= 0.6 is 45.3 Å². The number of benzene rings is 1. The summed E-state index contributed by atoms with van der Waals surface area (Å²) in [6.45, 7) is 0. The van der Waals surface area contributed by atoms with E-state index < -0.39 is 34.4 Å². The van der Waals surface area contributed by atoms with Gasteiger partial charge >= 0.3 is 0 Å². The molecule has 0 unspecified atom stereocenters. The Bertz CT molecular complexity index is 1200. The van der Waals surface area contributed by atoms with Gasteiger partial charge in [0.05, 0.1) is 11.1 Å². The summed E-state index contributed by atoms with van der Waals surface area (Å²) in [7, 11) is 0. The van der Waals surface area contributed by atoms with Crippen LogP contribution in [0.1, 0.15) is 0 Å². The Morgan fingerprint density at radius 1 is 0.433 bits per heavy atom. The second-order valence-electron chi connectivity index (χ2n) is 6.29. The molecule has 0 radical (unpaired) electrons. The van der Waals surface area contributed by atoms with E-state index in [9.17, 15) is 17.6 Å². The molecule has 0 N–H and O–H groups in total. The van der Waals surface area contributed by atoms with Crippen LogP contribution in [-0.4, -0.2) is 0 Å². The number of halogens is 4. The summed E-state index contributed by atoms with van der Waals surface area (Å²) in [5.74, 6) is -5.52. The molecule has 1 aromatic carbocycles. The number of thiophene rings is 4. The van der Waals surface area contributed by atoms with Crippen LogP contribution in [0.4, 0.5) is 17.6 Å². The zero-order valence-corrected chi connectivity index (χ0v) is 18.2. The van der Waals surface area contributed by atoms with Crippen molar-refractivity contribution in [2.45, 2.75) is 0 Å². The third-order valence-electron chi connectivity index (χ3n) is 4.50. The van der Waals surface area contributed by atoms with Crippen molar-refractivity contribution in [3.05, 3.63) is 82.6 Å². The van der Waals surface area contributed by atoms with Gasteiger partial charge in [0.15, 0.2) is 23.3 Å². The van der Waals surface area contributed by atoms with Crippen molar-refractivity contribution < 1.29 is 17.6 Å². The van der Waals surface area contributed by atoms with Gasteiger partial charge in [0, 0.05) is 29.3 Å². The molecular formula is C22H10F4S4. The molecule has 5 rings (SSSR count). The fourth-order valence-corrected chi connectivity index (χ4v) is 6.86. The second kappa shape index (κ2) is 7.77. The number of rotatable bonds is 4. The van der Waals surface area contributed by atoms with Crippen LogP contribution in [-0.2, 0) is 0 Å². The minimum atomic E-state index is -1.38. The van der Waals surface area contributed by atoms with Crippen molar-refractivity contribution >= 4 is 45.3 Å². The van der Waals surface area contributed by atoms with Crippen molar-refractivity contribution in [3.63, 3.8) is 0 Å². The molecule has 0 amide bonds. The van der Waals surface area contributed by atoms with E-state index in [1.807, 2.05) is 35.0 Å². The molecule has 0 atom stereocenters. The topological polar surface area (TPSA) is 0 Å². The molecule has 0 aliphatic rings. The van der Waals surface area contributed by atoms with Gasteiger partial charge in [0.1, 0.15) is 0 Å². The SMILES string of the molecule is Fc1c(F)c(-c2ccc(-c3cccs3)s2)c(F)c(F)c1-c1ccc(-c2cccs2)s1. The highest BCUT2D eigenvalue weighted by Crippen LogP contribution is 2.44.